The van der Waals surface area contributed by atoms with E-state index in [1.807, 2.05) is 12.5 Å². The van der Waals surface area contributed by atoms with Crippen molar-refractivity contribution in [2.45, 2.75) is 65.7 Å². The van der Waals surface area contributed by atoms with E-state index in [-0.39, 0.29) is 17.3 Å². The molecule has 2 amide bonds. The molecule has 0 saturated heterocycles. The van der Waals surface area contributed by atoms with Gasteiger partial charge in [0, 0.05) is 37.2 Å². The Hall–Kier alpha value is -2.89. The minimum Gasteiger partial charge on any atom is -0.480 e. The molecule has 6 atom stereocenters. The van der Waals surface area contributed by atoms with E-state index < -0.39 is 58.2 Å². The number of amides is 2. The van der Waals surface area contributed by atoms with Crippen molar-refractivity contribution in [3.05, 3.63) is 36.2 Å². The molecule has 1 aliphatic rings. The molecule has 13 nitrogen and oxygen atoms in total. The number of nitrogens with one attached hydrogen (secondary N) is 2. The summed E-state index contributed by atoms with van der Waals surface area (Å²) in [5.41, 5.74) is 1.04. The number of carbonyl (C=O) groups excluding carboxylic acids is 3. The van der Waals surface area contributed by atoms with Gasteiger partial charge in [-0.1, -0.05) is 6.42 Å². The first kappa shape index (κ1) is 36.6. The third-order valence-electron chi connectivity index (χ3n) is 7.03. The van der Waals surface area contributed by atoms with Crippen molar-refractivity contribution in [3.63, 3.8) is 0 Å². The van der Waals surface area contributed by atoms with Gasteiger partial charge in [0.1, 0.15) is 27.9 Å². The summed E-state index contributed by atoms with van der Waals surface area (Å²) in [7, 11) is 0. The van der Waals surface area contributed by atoms with Gasteiger partial charge in [-0.3, -0.25) is 24.4 Å². The number of nitrogens with zero attached hydrogens (tertiary/aromatic N) is 4. The monoisotopic (exact) mass is 696 g/mol. The van der Waals surface area contributed by atoms with E-state index in [1.54, 1.807) is 24.8 Å². The molecular weight excluding hydrogens is 661 g/mol. The molecule has 4 N–H and O–H groups in total. The van der Waals surface area contributed by atoms with Crippen LogP contribution in [0.4, 0.5) is 0 Å². The number of carboxylic acids is 2. The number of aromatic nitrogens is 4. The van der Waals surface area contributed by atoms with Gasteiger partial charge in [0.15, 0.2) is 0 Å². The Morgan fingerprint density at radius 1 is 0.756 bits per heavy atom. The highest BCUT2D eigenvalue weighted by Gasteiger charge is 2.43. The maximum absolute atomic E-state index is 14.4. The first-order valence-corrected chi connectivity index (χ1v) is 18.5. The number of carbonyl (C=O) groups is 5. The lowest BCUT2D eigenvalue weighted by molar-refractivity contribution is -0.141. The number of aliphatic carboxylic acids is 2. The van der Waals surface area contributed by atoms with Crippen LogP contribution >= 0.6 is 47.0 Å². The first-order chi connectivity index (χ1) is 21.4. The largest absolute Gasteiger partial charge is 0.480 e. The van der Waals surface area contributed by atoms with E-state index in [9.17, 15) is 34.2 Å². The van der Waals surface area contributed by atoms with E-state index in [4.69, 9.17) is 0 Å². The molecule has 45 heavy (non-hydrogen) atoms. The van der Waals surface area contributed by atoms with Crippen molar-refractivity contribution in [2.24, 2.45) is 11.8 Å². The van der Waals surface area contributed by atoms with E-state index in [0.29, 0.717) is 40.7 Å². The SMILES string of the molecule is CSc1cnc(C(SCC(NC(C)=O)C(=O)O)C2CCCC(C(SCC(NC(C)=O)C(=O)O)c3cnc(SC)cn3)C2=O)cn1. The topological polar surface area (TPSA) is 201 Å². The maximum atomic E-state index is 14.4. The Morgan fingerprint density at radius 2 is 1.16 bits per heavy atom. The highest BCUT2D eigenvalue weighted by molar-refractivity contribution is 8.00. The van der Waals surface area contributed by atoms with Gasteiger partial charge in [-0.05, 0) is 25.4 Å². The molecule has 1 aliphatic carbocycles. The minimum absolute atomic E-state index is 0.00318. The second-order valence-corrected chi connectivity index (χ2v) is 14.2. The summed E-state index contributed by atoms with van der Waals surface area (Å²) in [6.07, 6.45) is 11.9. The van der Waals surface area contributed by atoms with Crippen LogP contribution in [-0.4, -0.2) is 95.8 Å². The molecule has 2 heterocycles. The van der Waals surface area contributed by atoms with Crippen molar-refractivity contribution in [2.75, 3.05) is 24.0 Å². The number of carboxylic acid groups (broad SMARTS) is 2. The summed E-state index contributed by atoms with van der Waals surface area (Å²) >= 11 is 5.29. The number of Topliss-reactive ketones (excluding diaryl/α,β-unsaturated/α-hetero) is 1. The summed E-state index contributed by atoms with van der Waals surface area (Å²) in [6.45, 7) is 2.49. The van der Waals surface area contributed by atoms with Gasteiger partial charge in [-0.2, -0.15) is 0 Å². The molecule has 0 aliphatic heterocycles. The average Bonchev–Trinajstić information content (AvgIpc) is 3.01. The molecule has 1 saturated carbocycles. The van der Waals surface area contributed by atoms with Gasteiger partial charge in [0.25, 0.3) is 0 Å². The fraction of sp³-hybridized carbons (Fsp3) is 0.536. The molecule has 2 aromatic heterocycles. The lowest BCUT2D eigenvalue weighted by Gasteiger charge is -2.36. The Kier molecular flexibility index (Phi) is 14.4. The van der Waals surface area contributed by atoms with E-state index in [1.165, 1.54) is 60.9 Å². The van der Waals surface area contributed by atoms with Gasteiger partial charge in [-0.25, -0.2) is 19.6 Å². The molecule has 6 unspecified atom stereocenters. The fourth-order valence-corrected chi connectivity index (χ4v) is 8.40. The Labute approximate surface area is 278 Å². The van der Waals surface area contributed by atoms with E-state index >= 15 is 0 Å². The molecule has 0 radical (unpaired) electrons. The fourth-order valence-electron chi connectivity index (χ4n) is 4.93. The summed E-state index contributed by atoms with van der Waals surface area (Å²) < 4.78 is 0. The molecule has 0 bridgehead atoms. The van der Waals surface area contributed by atoms with Crippen molar-refractivity contribution in [3.8, 4) is 0 Å². The minimum atomic E-state index is -1.19. The number of hydrogen-bond donors (Lipinski definition) is 4. The molecule has 1 fully saturated rings. The van der Waals surface area contributed by atoms with Crippen molar-refractivity contribution in [1.29, 1.82) is 0 Å². The van der Waals surface area contributed by atoms with Crippen LogP contribution in [0.5, 0.6) is 0 Å². The smallest absolute Gasteiger partial charge is 0.327 e. The molecule has 244 valence electrons. The first-order valence-electron chi connectivity index (χ1n) is 13.9. The summed E-state index contributed by atoms with van der Waals surface area (Å²) in [4.78, 5) is 79.5. The average molecular weight is 697 g/mol. The quantitative estimate of drug-likeness (QED) is 0.186. The van der Waals surface area contributed by atoms with Crippen LogP contribution in [0.15, 0.2) is 34.8 Å². The van der Waals surface area contributed by atoms with Crippen molar-refractivity contribution in [1.82, 2.24) is 30.6 Å². The van der Waals surface area contributed by atoms with Crippen LogP contribution in [0.25, 0.3) is 0 Å². The van der Waals surface area contributed by atoms with Crippen LogP contribution in [0.2, 0.25) is 0 Å². The molecular formula is C28H36N6O7S4. The van der Waals surface area contributed by atoms with Gasteiger partial charge in [0.05, 0.1) is 46.7 Å². The lowest BCUT2D eigenvalue weighted by atomic mass is 9.76. The highest BCUT2D eigenvalue weighted by Crippen LogP contribution is 2.48. The van der Waals surface area contributed by atoms with Gasteiger partial charge in [0.2, 0.25) is 11.8 Å². The van der Waals surface area contributed by atoms with Gasteiger partial charge >= 0.3 is 11.9 Å². The zero-order chi connectivity index (χ0) is 33.1. The Morgan fingerprint density at radius 3 is 1.44 bits per heavy atom. The third-order valence-corrected chi connectivity index (χ3v) is 11.2. The zero-order valence-corrected chi connectivity index (χ0v) is 28.4. The molecule has 2 aromatic rings. The molecule has 3 rings (SSSR count). The molecule has 17 heteroatoms. The second-order valence-electron chi connectivity index (χ2n) is 10.2. The zero-order valence-electron chi connectivity index (χ0n) is 25.2. The highest BCUT2D eigenvalue weighted by atomic mass is 32.2. The Balaban J connectivity index is 1.97. The van der Waals surface area contributed by atoms with Crippen LogP contribution < -0.4 is 10.6 Å². The van der Waals surface area contributed by atoms with Crippen LogP contribution in [0, 0.1) is 11.8 Å². The van der Waals surface area contributed by atoms with Crippen molar-refractivity contribution >= 4 is 76.6 Å². The predicted octanol–water partition coefficient (Wildman–Crippen LogP) is 3.12. The summed E-state index contributed by atoms with van der Waals surface area (Å²) in [5, 5.41) is 24.6. The normalized spacial score (nSPS) is 19.2. The van der Waals surface area contributed by atoms with Gasteiger partial charge < -0.3 is 20.8 Å². The van der Waals surface area contributed by atoms with Crippen LogP contribution in [-0.2, 0) is 24.0 Å². The van der Waals surface area contributed by atoms with Crippen LogP contribution in [0.3, 0.4) is 0 Å². The number of hydrogen-bond acceptors (Lipinski definition) is 13. The third kappa shape index (κ3) is 10.6. The molecule has 0 spiro atoms. The predicted molar refractivity (Wildman–Crippen MR) is 174 cm³/mol. The summed E-state index contributed by atoms with van der Waals surface area (Å²) in [5.74, 6) is -4.57. The van der Waals surface area contributed by atoms with Crippen LogP contribution in [0.1, 0.15) is 55.0 Å². The van der Waals surface area contributed by atoms with E-state index in [2.05, 4.69) is 30.6 Å². The van der Waals surface area contributed by atoms with Crippen molar-refractivity contribution < 1.29 is 34.2 Å². The molecule has 0 aromatic carbocycles. The number of thioether (sulfide) groups is 4. The maximum Gasteiger partial charge on any atom is 0.327 e. The Bertz CT molecular complexity index is 1250. The number of ketones is 1. The lowest BCUT2D eigenvalue weighted by Crippen LogP contribution is -2.42. The summed E-state index contributed by atoms with van der Waals surface area (Å²) in [6, 6.07) is -2.34. The number of rotatable bonds is 16. The second kappa shape index (κ2) is 17.7. The van der Waals surface area contributed by atoms with E-state index in [0.717, 1.165) is 0 Å². The standard InChI is InChI=1S/C28H36N6O7S4/c1-14(35)33-20(27(38)39)12-44-25(18-8-31-22(42-3)10-29-18)16-6-5-7-17(24(16)37)26(19-9-32-23(43-4)11-30-19)45-13-21(28(40)41)34-15(2)36/h8-11,16-17,20-21,25-26H,5-7,12-13H2,1-4H3,(H,33,35)(H,34,36)(H,38,39)(H,40,41). The van der Waals surface area contributed by atoms with Gasteiger partial charge in [-0.15, -0.1) is 47.0 Å².